The molecule has 0 radical (unpaired) electrons. The average Bonchev–Trinajstić information content (AvgIpc) is 3.21. The molecule has 132 valence electrons. The van der Waals surface area contributed by atoms with E-state index in [1.807, 2.05) is 24.3 Å². The first-order valence-corrected chi connectivity index (χ1v) is 9.95. The van der Waals surface area contributed by atoms with Gasteiger partial charge in [0.15, 0.2) is 10.4 Å². The van der Waals surface area contributed by atoms with Gasteiger partial charge in [0, 0.05) is 12.2 Å². The van der Waals surface area contributed by atoms with Gasteiger partial charge in [-0.2, -0.15) is 4.52 Å². The van der Waals surface area contributed by atoms with E-state index in [-0.39, 0.29) is 11.9 Å². The Morgan fingerprint density at radius 1 is 1.08 bits per heavy atom. The van der Waals surface area contributed by atoms with Crippen LogP contribution in [0.4, 0.5) is 4.39 Å². The van der Waals surface area contributed by atoms with Gasteiger partial charge in [-0.05, 0) is 23.3 Å². The molecule has 0 amide bonds. The SMILES string of the molecule is [NH3+][C@@H](Cc1ccccc1)c1nnc2sc(SCc3cccc(F)c3)nn12. The molecule has 0 saturated carbocycles. The lowest BCUT2D eigenvalue weighted by Gasteiger charge is -2.05. The monoisotopic (exact) mass is 386 g/mol. The molecule has 0 spiro atoms. The zero-order valence-corrected chi connectivity index (χ0v) is 15.5. The largest absolute Gasteiger partial charge is 0.348 e. The zero-order chi connectivity index (χ0) is 17.9. The molecule has 2 aromatic carbocycles. The van der Waals surface area contributed by atoms with Crippen molar-refractivity contribution in [2.24, 2.45) is 0 Å². The molecule has 0 aliphatic carbocycles. The lowest BCUT2D eigenvalue weighted by atomic mass is 10.1. The molecule has 0 fully saturated rings. The maximum absolute atomic E-state index is 13.3. The molecule has 4 aromatic rings. The number of thioether (sulfide) groups is 1. The van der Waals surface area contributed by atoms with E-state index in [1.54, 1.807) is 28.4 Å². The summed E-state index contributed by atoms with van der Waals surface area (Å²) in [4.78, 5) is 0.753. The predicted octanol–water partition coefficient (Wildman–Crippen LogP) is 3.14. The highest BCUT2D eigenvalue weighted by atomic mass is 32.2. The van der Waals surface area contributed by atoms with Crippen molar-refractivity contribution in [3.63, 3.8) is 0 Å². The normalized spacial score (nSPS) is 12.5. The van der Waals surface area contributed by atoms with Gasteiger partial charge in [-0.1, -0.05) is 65.6 Å². The molecule has 0 bridgehead atoms. The van der Waals surface area contributed by atoms with E-state index < -0.39 is 0 Å². The molecule has 0 aliphatic rings. The third-order valence-electron chi connectivity index (χ3n) is 3.94. The van der Waals surface area contributed by atoms with Gasteiger partial charge in [0.05, 0.1) is 0 Å². The van der Waals surface area contributed by atoms with E-state index in [0.717, 1.165) is 27.1 Å². The lowest BCUT2D eigenvalue weighted by Crippen LogP contribution is -2.55. The Balaban J connectivity index is 1.49. The second-order valence-electron chi connectivity index (χ2n) is 5.93. The molecular weight excluding hydrogens is 369 g/mol. The summed E-state index contributed by atoms with van der Waals surface area (Å²) in [6.07, 6.45) is 0.783. The number of quaternary nitrogens is 1. The van der Waals surface area contributed by atoms with Crippen LogP contribution in [0.25, 0.3) is 4.96 Å². The summed E-state index contributed by atoms with van der Waals surface area (Å²) >= 11 is 3.05. The first kappa shape index (κ1) is 17.1. The number of benzene rings is 2. The second-order valence-corrected chi connectivity index (χ2v) is 8.10. The molecule has 2 heterocycles. The van der Waals surface area contributed by atoms with Crippen LogP contribution in [0, 0.1) is 5.82 Å². The summed E-state index contributed by atoms with van der Waals surface area (Å²) in [5, 5.41) is 13.1. The molecule has 0 unspecified atom stereocenters. The van der Waals surface area contributed by atoms with E-state index in [0.29, 0.717) is 5.75 Å². The molecule has 8 heteroatoms. The van der Waals surface area contributed by atoms with E-state index in [1.165, 1.54) is 23.0 Å². The molecule has 26 heavy (non-hydrogen) atoms. The van der Waals surface area contributed by atoms with Gasteiger partial charge in [-0.3, -0.25) is 0 Å². The van der Waals surface area contributed by atoms with Crippen LogP contribution in [0.3, 0.4) is 0 Å². The fourth-order valence-corrected chi connectivity index (χ4v) is 4.52. The van der Waals surface area contributed by atoms with Gasteiger partial charge in [-0.15, -0.1) is 15.3 Å². The molecular formula is C18H17FN5S2+. The molecule has 3 N–H and O–H groups in total. The van der Waals surface area contributed by atoms with Crippen molar-refractivity contribution in [2.75, 3.05) is 0 Å². The van der Waals surface area contributed by atoms with Gasteiger partial charge >= 0.3 is 0 Å². The highest BCUT2D eigenvalue weighted by molar-refractivity contribution is 8.00. The van der Waals surface area contributed by atoms with Gasteiger partial charge in [-0.25, -0.2) is 4.39 Å². The fraction of sp³-hybridized carbons (Fsp3) is 0.167. The Morgan fingerprint density at radius 2 is 1.88 bits per heavy atom. The number of halogens is 1. The van der Waals surface area contributed by atoms with Crippen molar-refractivity contribution in [1.82, 2.24) is 19.8 Å². The lowest BCUT2D eigenvalue weighted by molar-refractivity contribution is -0.428. The summed E-state index contributed by atoms with van der Waals surface area (Å²) in [6.45, 7) is 0. The third kappa shape index (κ3) is 3.77. The van der Waals surface area contributed by atoms with Crippen molar-refractivity contribution in [1.29, 1.82) is 0 Å². The van der Waals surface area contributed by atoms with Crippen LogP contribution in [-0.2, 0) is 12.2 Å². The maximum atomic E-state index is 13.3. The minimum Gasteiger partial charge on any atom is -0.348 e. The molecule has 0 aliphatic heterocycles. The Morgan fingerprint density at radius 3 is 2.69 bits per heavy atom. The highest BCUT2D eigenvalue weighted by Gasteiger charge is 2.21. The minimum absolute atomic E-state index is 0.0319. The molecule has 1 atom stereocenters. The highest BCUT2D eigenvalue weighted by Crippen LogP contribution is 2.28. The first-order chi connectivity index (χ1) is 12.7. The van der Waals surface area contributed by atoms with Crippen molar-refractivity contribution in [3.8, 4) is 0 Å². The van der Waals surface area contributed by atoms with E-state index >= 15 is 0 Å². The van der Waals surface area contributed by atoms with Gasteiger partial charge < -0.3 is 5.73 Å². The van der Waals surface area contributed by atoms with Crippen LogP contribution in [-0.4, -0.2) is 19.8 Å². The second kappa shape index (κ2) is 7.53. The summed E-state index contributed by atoms with van der Waals surface area (Å²) < 4.78 is 15.9. The Bertz CT molecular complexity index is 1010. The van der Waals surface area contributed by atoms with Crippen LogP contribution in [0.15, 0.2) is 58.9 Å². The predicted molar refractivity (Wildman–Crippen MR) is 100 cm³/mol. The van der Waals surface area contributed by atoms with Gasteiger partial charge in [0.25, 0.3) is 0 Å². The Hall–Kier alpha value is -2.29. The van der Waals surface area contributed by atoms with E-state index in [4.69, 9.17) is 0 Å². The molecule has 0 saturated heterocycles. The van der Waals surface area contributed by atoms with Crippen molar-refractivity contribution in [3.05, 3.63) is 77.4 Å². The summed E-state index contributed by atoms with van der Waals surface area (Å²) in [5.74, 6) is 1.21. The smallest absolute Gasteiger partial charge is 0.235 e. The van der Waals surface area contributed by atoms with Crippen LogP contribution in [0.1, 0.15) is 23.0 Å². The van der Waals surface area contributed by atoms with Crippen LogP contribution < -0.4 is 5.73 Å². The maximum Gasteiger partial charge on any atom is 0.235 e. The number of aromatic nitrogens is 4. The van der Waals surface area contributed by atoms with Crippen LogP contribution in [0.5, 0.6) is 0 Å². The number of nitrogens with zero attached hydrogens (tertiary/aromatic N) is 4. The van der Waals surface area contributed by atoms with E-state index in [9.17, 15) is 4.39 Å². The number of rotatable bonds is 6. The number of hydrogen-bond acceptors (Lipinski definition) is 5. The third-order valence-corrected chi connectivity index (χ3v) is 6.04. The number of hydrogen-bond donors (Lipinski definition) is 1. The minimum atomic E-state index is -0.218. The molecule has 4 rings (SSSR count). The first-order valence-electron chi connectivity index (χ1n) is 8.15. The van der Waals surface area contributed by atoms with Crippen molar-refractivity contribution >= 4 is 28.1 Å². The van der Waals surface area contributed by atoms with Crippen molar-refractivity contribution in [2.45, 2.75) is 22.6 Å². The Labute approximate surface area is 158 Å². The zero-order valence-electron chi connectivity index (χ0n) is 13.9. The topological polar surface area (TPSA) is 70.7 Å². The van der Waals surface area contributed by atoms with Gasteiger partial charge in [0.2, 0.25) is 10.8 Å². The number of fused-ring (bicyclic) bond motifs is 1. The standard InChI is InChI=1S/C18H16FN5S2/c19-14-8-4-7-13(9-14)11-25-18-23-24-16(21-22-17(24)26-18)15(20)10-12-5-2-1-3-6-12/h1-9,15H,10-11,20H2/p+1/t15-/m0/s1. The summed E-state index contributed by atoms with van der Waals surface area (Å²) in [6, 6.07) is 16.8. The molecule has 2 aromatic heterocycles. The fourth-order valence-electron chi connectivity index (χ4n) is 2.69. The molecule has 5 nitrogen and oxygen atoms in total. The van der Waals surface area contributed by atoms with Crippen molar-refractivity contribution < 1.29 is 10.1 Å². The average molecular weight is 387 g/mol. The van der Waals surface area contributed by atoms with Gasteiger partial charge in [0.1, 0.15) is 5.82 Å². The van der Waals surface area contributed by atoms with Crippen LogP contribution in [0.2, 0.25) is 0 Å². The summed E-state index contributed by atoms with van der Waals surface area (Å²) in [7, 11) is 0. The quantitative estimate of drug-likeness (QED) is 0.517. The Kier molecular flexibility index (Phi) is 4.96. The van der Waals surface area contributed by atoms with Crippen LogP contribution >= 0.6 is 23.1 Å². The van der Waals surface area contributed by atoms with E-state index in [2.05, 4.69) is 33.2 Å². The summed E-state index contributed by atoms with van der Waals surface area (Å²) in [5.41, 5.74) is 6.37.